The molecule has 0 saturated carbocycles. The normalized spacial score (nSPS) is 20.3. The van der Waals surface area contributed by atoms with Crippen LogP contribution in [-0.2, 0) is 4.74 Å². The van der Waals surface area contributed by atoms with Crippen molar-refractivity contribution in [2.45, 2.75) is 32.8 Å². The van der Waals surface area contributed by atoms with Crippen molar-refractivity contribution in [1.82, 2.24) is 15.5 Å². The number of hydrogen-bond acceptors (Lipinski definition) is 5. The van der Waals surface area contributed by atoms with E-state index in [2.05, 4.69) is 36.2 Å². The Morgan fingerprint density at radius 1 is 1.35 bits per heavy atom. The molecule has 0 aliphatic carbocycles. The molecule has 0 radical (unpaired) electrons. The maximum atomic E-state index is 5.39. The fraction of sp³-hybridized carbons (Fsp3) is 0.833. The SMILES string of the molecule is COC(c1noc(C(C)C2CNC2)n1)C(C)C. The summed E-state index contributed by atoms with van der Waals surface area (Å²) in [4.78, 5) is 4.47. The zero-order valence-corrected chi connectivity index (χ0v) is 10.9. The molecule has 5 nitrogen and oxygen atoms in total. The third-order valence-corrected chi connectivity index (χ3v) is 3.48. The summed E-state index contributed by atoms with van der Waals surface area (Å²) in [5.74, 6) is 2.67. The first kappa shape index (κ1) is 12.5. The van der Waals surface area contributed by atoms with Gasteiger partial charge in [0.2, 0.25) is 11.7 Å². The van der Waals surface area contributed by atoms with Gasteiger partial charge in [0.1, 0.15) is 6.10 Å². The van der Waals surface area contributed by atoms with Gasteiger partial charge in [0.15, 0.2) is 0 Å². The van der Waals surface area contributed by atoms with Gasteiger partial charge in [0.05, 0.1) is 0 Å². The largest absolute Gasteiger partial charge is 0.373 e. The molecule has 2 rings (SSSR count). The molecule has 0 aromatic carbocycles. The van der Waals surface area contributed by atoms with Crippen LogP contribution in [0.1, 0.15) is 44.5 Å². The van der Waals surface area contributed by atoms with Crippen molar-refractivity contribution in [3.63, 3.8) is 0 Å². The molecule has 1 N–H and O–H groups in total. The number of nitrogens with zero attached hydrogens (tertiary/aromatic N) is 2. The Morgan fingerprint density at radius 3 is 2.53 bits per heavy atom. The van der Waals surface area contributed by atoms with E-state index < -0.39 is 0 Å². The molecule has 1 fully saturated rings. The highest BCUT2D eigenvalue weighted by molar-refractivity contribution is 5.00. The van der Waals surface area contributed by atoms with Crippen LogP contribution >= 0.6 is 0 Å². The van der Waals surface area contributed by atoms with Gasteiger partial charge < -0.3 is 14.6 Å². The van der Waals surface area contributed by atoms with Crippen molar-refractivity contribution in [3.05, 3.63) is 11.7 Å². The highest BCUT2D eigenvalue weighted by Gasteiger charge is 2.30. The van der Waals surface area contributed by atoms with Crippen LogP contribution in [0.3, 0.4) is 0 Å². The van der Waals surface area contributed by atoms with Crippen molar-refractivity contribution in [1.29, 1.82) is 0 Å². The Hall–Kier alpha value is -0.940. The number of aromatic nitrogens is 2. The van der Waals surface area contributed by atoms with Gasteiger partial charge in [0, 0.05) is 13.0 Å². The van der Waals surface area contributed by atoms with Gasteiger partial charge in [-0.1, -0.05) is 25.9 Å². The fourth-order valence-corrected chi connectivity index (χ4v) is 2.09. The van der Waals surface area contributed by atoms with E-state index in [1.54, 1.807) is 7.11 Å². The van der Waals surface area contributed by atoms with Gasteiger partial charge in [-0.05, 0) is 24.9 Å². The smallest absolute Gasteiger partial charge is 0.229 e. The minimum Gasteiger partial charge on any atom is -0.373 e. The van der Waals surface area contributed by atoms with Crippen molar-refractivity contribution < 1.29 is 9.26 Å². The van der Waals surface area contributed by atoms with Crippen molar-refractivity contribution >= 4 is 0 Å². The molecular weight excluding hydrogens is 218 g/mol. The summed E-state index contributed by atoms with van der Waals surface area (Å²) >= 11 is 0. The Kier molecular flexibility index (Phi) is 3.79. The van der Waals surface area contributed by atoms with E-state index in [1.165, 1.54) is 0 Å². The summed E-state index contributed by atoms with van der Waals surface area (Å²) in [6, 6.07) is 0. The number of methoxy groups -OCH3 is 1. The molecule has 1 aliphatic heterocycles. The number of ether oxygens (including phenoxy) is 1. The number of hydrogen-bond donors (Lipinski definition) is 1. The summed E-state index contributed by atoms with van der Waals surface area (Å²) in [5, 5.41) is 7.30. The summed E-state index contributed by atoms with van der Waals surface area (Å²) in [6.45, 7) is 8.39. The average Bonchev–Trinajstić information content (AvgIpc) is 2.64. The van der Waals surface area contributed by atoms with Gasteiger partial charge in [-0.3, -0.25) is 0 Å². The van der Waals surface area contributed by atoms with Gasteiger partial charge >= 0.3 is 0 Å². The Morgan fingerprint density at radius 2 is 2.06 bits per heavy atom. The second-order valence-corrected chi connectivity index (χ2v) is 5.10. The predicted octanol–water partition coefficient (Wildman–Crippen LogP) is 1.74. The van der Waals surface area contributed by atoms with Crippen molar-refractivity contribution in [3.8, 4) is 0 Å². The lowest BCUT2D eigenvalue weighted by molar-refractivity contribution is 0.0555. The van der Waals surface area contributed by atoms with Gasteiger partial charge in [0.25, 0.3) is 0 Å². The molecule has 0 amide bonds. The lowest BCUT2D eigenvalue weighted by Crippen LogP contribution is -2.44. The molecule has 2 unspecified atom stereocenters. The Labute approximate surface area is 102 Å². The molecule has 0 spiro atoms. The van der Waals surface area contributed by atoms with Crippen LogP contribution in [0.5, 0.6) is 0 Å². The molecule has 17 heavy (non-hydrogen) atoms. The van der Waals surface area contributed by atoms with Crippen LogP contribution in [0.4, 0.5) is 0 Å². The second kappa shape index (κ2) is 5.14. The van der Waals surface area contributed by atoms with Crippen LogP contribution in [0, 0.1) is 11.8 Å². The Balaban J connectivity index is 2.08. The molecule has 2 heterocycles. The van der Waals surface area contributed by atoms with Crippen molar-refractivity contribution in [2.75, 3.05) is 20.2 Å². The maximum absolute atomic E-state index is 5.39. The Bertz CT molecular complexity index is 360. The van der Waals surface area contributed by atoms with Crippen LogP contribution < -0.4 is 5.32 Å². The summed E-state index contributed by atoms with van der Waals surface area (Å²) in [7, 11) is 1.68. The van der Waals surface area contributed by atoms with Gasteiger partial charge in [-0.25, -0.2) is 0 Å². The van der Waals surface area contributed by atoms with E-state index in [1.807, 2.05) is 0 Å². The molecule has 1 aromatic rings. The first-order valence-corrected chi connectivity index (χ1v) is 6.20. The lowest BCUT2D eigenvalue weighted by atomic mass is 9.89. The topological polar surface area (TPSA) is 60.2 Å². The molecule has 0 bridgehead atoms. The van der Waals surface area contributed by atoms with E-state index in [-0.39, 0.29) is 6.10 Å². The first-order chi connectivity index (χ1) is 8.13. The van der Waals surface area contributed by atoms with Gasteiger partial charge in [-0.2, -0.15) is 4.98 Å². The van der Waals surface area contributed by atoms with Crippen LogP contribution in [-0.4, -0.2) is 30.3 Å². The highest BCUT2D eigenvalue weighted by Crippen LogP contribution is 2.28. The quantitative estimate of drug-likeness (QED) is 0.848. The monoisotopic (exact) mass is 239 g/mol. The van der Waals surface area contributed by atoms with Crippen LogP contribution in [0.15, 0.2) is 4.52 Å². The first-order valence-electron chi connectivity index (χ1n) is 6.20. The van der Waals surface area contributed by atoms with Gasteiger partial charge in [-0.15, -0.1) is 0 Å². The number of rotatable bonds is 5. The molecule has 5 heteroatoms. The number of nitrogens with one attached hydrogen (secondary N) is 1. The van der Waals surface area contributed by atoms with E-state index in [0.29, 0.717) is 23.6 Å². The van der Waals surface area contributed by atoms with Crippen LogP contribution in [0.2, 0.25) is 0 Å². The minimum atomic E-state index is -0.0841. The molecule has 1 aliphatic rings. The molecule has 1 saturated heterocycles. The van der Waals surface area contributed by atoms with E-state index in [0.717, 1.165) is 19.0 Å². The lowest BCUT2D eigenvalue weighted by Gasteiger charge is -2.30. The summed E-state index contributed by atoms with van der Waals surface area (Å²) in [5.41, 5.74) is 0. The zero-order chi connectivity index (χ0) is 12.4. The van der Waals surface area contributed by atoms with Crippen molar-refractivity contribution in [2.24, 2.45) is 11.8 Å². The third kappa shape index (κ3) is 2.50. The fourth-order valence-electron chi connectivity index (χ4n) is 2.09. The highest BCUT2D eigenvalue weighted by atomic mass is 16.5. The third-order valence-electron chi connectivity index (χ3n) is 3.48. The standard InChI is InChI=1S/C12H21N3O2/c1-7(2)10(16-4)11-14-12(17-15-11)8(3)9-5-13-6-9/h7-10,13H,5-6H2,1-4H3. The molecule has 96 valence electrons. The minimum absolute atomic E-state index is 0.0841. The second-order valence-electron chi connectivity index (χ2n) is 5.10. The molecule has 2 atom stereocenters. The van der Waals surface area contributed by atoms with E-state index >= 15 is 0 Å². The molecule has 1 aromatic heterocycles. The van der Waals surface area contributed by atoms with E-state index in [4.69, 9.17) is 9.26 Å². The molecular formula is C12H21N3O2. The predicted molar refractivity (Wildman–Crippen MR) is 63.7 cm³/mol. The summed E-state index contributed by atoms with van der Waals surface area (Å²) in [6.07, 6.45) is -0.0841. The summed E-state index contributed by atoms with van der Waals surface area (Å²) < 4.78 is 10.7. The average molecular weight is 239 g/mol. The zero-order valence-electron chi connectivity index (χ0n) is 10.9. The maximum Gasteiger partial charge on any atom is 0.229 e. The van der Waals surface area contributed by atoms with E-state index in [9.17, 15) is 0 Å². The van der Waals surface area contributed by atoms with Crippen LogP contribution in [0.25, 0.3) is 0 Å².